The lowest BCUT2D eigenvalue weighted by molar-refractivity contribution is -0.138. The molecule has 1 aromatic carbocycles. The van der Waals surface area contributed by atoms with Gasteiger partial charge >= 0.3 is 6.18 Å². The molecule has 0 spiro atoms. The fourth-order valence-corrected chi connectivity index (χ4v) is 2.01. The topological polar surface area (TPSA) is 21.3 Å². The zero-order valence-electron chi connectivity index (χ0n) is 12.0. The summed E-state index contributed by atoms with van der Waals surface area (Å²) in [5.41, 5.74) is -0.707. The van der Waals surface area contributed by atoms with Crippen LogP contribution in [-0.4, -0.2) is 19.2 Å². The average molecular weight is 289 g/mol. The van der Waals surface area contributed by atoms with Gasteiger partial charge in [0.15, 0.2) is 0 Å². The predicted molar refractivity (Wildman–Crippen MR) is 73.9 cm³/mol. The molecule has 0 saturated heterocycles. The number of hydrogen-bond acceptors (Lipinski definition) is 2. The van der Waals surface area contributed by atoms with E-state index in [2.05, 4.69) is 12.2 Å². The first-order valence-corrected chi connectivity index (χ1v) is 6.97. The third-order valence-electron chi connectivity index (χ3n) is 3.03. The van der Waals surface area contributed by atoms with E-state index in [4.69, 9.17) is 4.74 Å². The molecule has 114 valence electrons. The quantitative estimate of drug-likeness (QED) is 0.722. The summed E-state index contributed by atoms with van der Waals surface area (Å²) in [6.07, 6.45) is -1.68. The van der Waals surface area contributed by atoms with Crippen LogP contribution in [0.2, 0.25) is 0 Å². The van der Waals surface area contributed by atoms with Gasteiger partial charge in [0.25, 0.3) is 0 Å². The number of unbranched alkanes of at least 4 members (excludes halogenated alkanes) is 1. The SMILES string of the molecule is CCNC(C)CCCCOc1ccccc1C(F)(F)F. The van der Waals surface area contributed by atoms with E-state index in [1.807, 2.05) is 6.92 Å². The minimum Gasteiger partial charge on any atom is -0.493 e. The van der Waals surface area contributed by atoms with Gasteiger partial charge in [-0.05, 0) is 44.9 Å². The number of alkyl halides is 3. The molecule has 0 aliphatic carbocycles. The van der Waals surface area contributed by atoms with Gasteiger partial charge in [-0.15, -0.1) is 0 Å². The van der Waals surface area contributed by atoms with Crippen LogP contribution in [0.25, 0.3) is 0 Å². The number of halogens is 3. The molecular formula is C15H22F3NO. The Morgan fingerprint density at radius 1 is 1.20 bits per heavy atom. The van der Waals surface area contributed by atoms with Gasteiger partial charge in [0.1, 0.15) is 5.75 Å². The standard InChI is InChI=1S/C15H22F3NO/c1-3-19-12(2)8-6-7-11-20-14-10-5-4-9-13(14)15(16,17)18/h4-5,9-10,12,19H,3,6-8,11H2,1-2H3. The molecule has 0 fully saturated rings. The van der Waals surface area contributed by atoms with Gasteiger partial charge in [-0.25, -0.2) is 0 Å². The molecule has 0 amide bonds. The molecule has 20 heavy (non-hydrogen) atoms. The third-order valence-corrected chi connectivity index (χ3v) is 3.03. The van der Waals surface area contributed by atoms with E-state index in [-0.39, 0.29) is 5.75 Å². The van der Waals surface area contributed by atoms with E-state index in [1.54, 1.807) is 6.07 Å². The summed E-state index contributed by atoms with van der Waals surface area (Å²) in [7, 11) is 0. The molecule has 0 saturated carbocycles. The maximum Gasteiger partial charge on any atom is 0.419 e. The highest BCUT2D eigenvalue weighted by atomic mass is 19.4. The van der Waals surface area contributed by atoms with Crippen LogP contribution in [0.3, 0.4) is 0 Å². The summed E-state index contributed by atoms with van der Waals surface area (Å²) in [4.78, 5) is 0. The van der Waals surface area contributed by atoms with Gasteiger partial charge < -0.3 is 10.1 Å². The van der Waals surface area contributed by atoms with Gasteiger partial charge in [-0.3, -0.25) is 0 Å². The van der Waals surface area contributed by atoms with Crippen LogP contribution in [0.15, 0.2) is 24.3 Å². The minimum atomic E-state index is -4.36. The number of nitrogens with one attached hydrogen (secondary N) is 1. The molecule has 0 radical (unpaired) electrons. The number of rotatable bonds is 8. The van der Waals surface area contributed by atoms with Crippen molar-refractivity contribution in [3.05, 3.63) is 29.8 Å². The molecule has 5 heteroatoms. The van der Waals surface area contributed by atoms with Crippen molar-refractivity contribution >= 4 is 0 Å². The summed E-state index contributed by atoms with van der Waals surface area (Å²) in [5.74, 6) is -0.0836. The molecular weight excluding hydrogens is 267 g/mol. The number of benzene rings is 1. The molecule has 1 atom stereocenters. The van der Waals surface area contributed by atoms with Gasteiger partial charge in [-0.2, -0.15) is 13.2 Å². The van der Waals surface area contributed by atoms with E-state index >= 15 is 0 Å². The first-order chi connectivity index (χ1) is 9.45. The van der Waals surface area contributed by atoms with Gasteiger partial charge in [0.05, 0.1) is 12.2 Å². The zero-order valence-corrected chi connectivity index (χ0v) is 12.0. The van der Waals surface area contributed by atoms with Crippen LogP contribution in [-0.2, 0) is 6.18 Å². The van der Waals surface area contributed by atoms with Crippen molar-refractivity contribution in [1.29, 1.82) is 0 Å². The van der Waals surface area contributed by atoms with Crippen molar-refractivity contribution in [3.63, 3.8) is 0 Å². The number of para-hydroxylation sites is 1. The van der Waals surface area contributed by atoms with E-state index < -0.39 is 11.7 Å². The normalized spacial score (nSPS) is 13.2. The van der Waals surface area contributed by atoms with Crippen LogP contribution < -0.4 is 10.1 Å². The first kappa shape index (κ1) is 16.8. The zero-order chi connectivity index (χ0) is 15.0. The van der Waals surface area contributed by atoms with Crippen molar-refractivity contribution in [1.82, 2.24) is 5.32 Å². The second-order valence-electron chi connectivity index (χ2n) is 4.80. The third kappa shape index (κ3) is 5.82. The van der Waals surface area contributed by atoms with E-state index in [9.17, 15) is 13.2 Å². The van der Waals surface area contributed by atoms with Crippen LogP contribution in [0.4, 0.5) is 13.2 Å². The lowest BCUT2D eigenvalue weighted by Crippen LogP contribution is -2.25. The van der Waals surface area contributed by atoms with Gasteiger partial charge in [0.2, 0.25) is 0 Å². The molecule has 0 bridgehead atoms. The maximum absolute atomic E-state index is 12.7. The fourth-order valence-electron chi connectivity index (χ4n) is 2.01. The van der Waals surface area contributed by atoms with Gasteiger partial charge in [0, 0.05) is 6.04 Å². The lowest BCUT2D eigenvalue weighted by atomic mass is 10.1. The molecule has 0 heterocycles. The highest BCUT2D eigenvalue weighted by molar-refractivity contribution is 5.35. The Balaban J connectivity index is 2.36. The first-order valence-electron chi connectivity index (χ1n) is 6.97. The highest BCUT2D eigenvalue weighted by Crippen LogP contribution is 2.35. The van der Waals surface area contributed by atoms with Crippen LogP contribution in [0.5, 0.6) is 5.75 Å². The Hall–Kier alpha value is -1.23. The molecule has 1 unspecified atom stereocenters. The minimum absolute atomic E-state index is 0.0836. The summed E-state index contributed by atoms with van der Waals surface area (Å²) in [5, 5.41) is 3.29. The van der Waals surface area contributed by atoms with E-state index in [0.717, 1.165) is 31.9 Å². The highest BCUT2D eigenvalue weighted by Gasteiger charge is 2.33. The Labute approximate surface area is 118 Å². The average Bonchev–Trinajstić information content (AvgIpc) is 2.38. The van der Waals surface area contributed by atoms with Crippen molar-refractivity contribution in [2.24, 2.45) is 0 Å². The van der Waals surface area contributed by atoms with Crippen molar-refractivity contribution in [2.75, 3.05) is 13.2 Å². The summed E-state index contributed by atoms with van der Waals surface area (Å²) < 4.78 is 43.4. The largest absolute Gasteiger partial charge is 0.493 e. The molecule has 1 aromatic rings. The lowest BCUT2D eigenvalue weighted by Gasteiger charge is -2.14. The van der Waals surface area contributed by atoms with Crippen LogP contribution in [0.1, 0.15) is 38.7 Å². The van der Waals surface area contributed by atoms with Crippen molar-refractivity contribution in [3.8, 4) is 5.75 Å². The van der Waals surface area contributed by atoms with E-state index in [1.165, 1.54) is 12.1 Å². The molecule has 0 aliphatic heterocycles. The number of hydrogen-bond donors (Lipinski definition) is 1. The Morgan fingerprint density at radius 3 is 2.55 bits per heavy atom. The monoisotopic (exact) mass is 289 g/mol. The fraction of sp³-hybridized carbons (Fsp3) is 0.600. The van der Waals surface area contributed by atoms with Crippen molar-refractivity contribution < 1.29 is 17.9 Å². The Kier molecular flexibility index (Phi) is 6.85. The van der Waals surface area contributed by atoms with Crippen LogP contribution in [0, 0.1) is 0 Å². The van der Waals surface area contributed by atoms with Gasteiger partial charge in [-0.1, -0.05) is 19.1 Å². The van der Waals surface area contributed by atoms with E-state index in [0.29, 0.717) is 12.6 Å². The molecule has 0 aliphatic rings. The summed E-state index contributed by atoms with van der Waals surface area (Å²) in [6, 6.07) is 5.76. The molecule has 0 aromatic heterocycles. The maximum atomic E-state index is 12.7. The molecule has 1 N–H and O–H groups in total. The predicted octanol–water partition coefficient (Wildman–Crippen LogP) is 4.25. The second-order valence-corrected chi connectivity index (χ2v) is 4.80. The molecule has 2 nitrogen and oxygen atoms in total. The molecule has 1 rings (SSSR count). The number of ether oxygens (including phenoxy) is 1. The second kappa shape index (κ2) is 8.15. The summed E-state index contributed by atoms with van der Waals surface area (Å²) in [6.45, 7) is 5.39. The Bertz CT molecular complexity index is 393. The Morgan fingerprint density at radius 2 is 1.90 bits per heavy atom. The van der Waals surface area contributed by atoms with Crippen LogP contribution >= 0.6 is 0 Å². The van der Waals surface area contributed by atoms with Crippen molar-refractivity contribution in [2.45, 2.75) is 45.3 Å². The smallest absolute Gasteiger partial charge is 0.419 e. The summed E-state index contributed by atoms with van der Waals surface area (Å²) >= 11 is 0.